The first-order valence-corrected chi connectivity index (χ1v) is 5.87. The Labute approximate surface area is 110 Å². The van der Waals surface area contributed by atoms with Crippen LogP contribution < -0.4 is 4.74 Å². The predicted molar refractivity (Wildman–Crippen MR) is 66.2 cm³/mol. The minimum atomic E-state index is -1.17. The number of ether oxygens (including phenoxy) is 3. The van der Waals surface area contributed by atoms with Gasteiger partial charge < -0.3 is 19.3 Å². The molecule has 0 heterocycles. The van der Waals surface area contributed by atoms with E-state index in [2.05, 4.69) is 0 Å². The molecular formula is C13H17FO5. The second-order valence-electron chi connectivity index (χ2n) is 3.76. The Balaban J connectivity index is 2.28. The fourth-order valence-electron chi connectivity index (χ4n) is 1.37. The third kappa shape index (κ3) is 5.67. The topological polar surface area (TPSA) is 65.0 Å². The molecule has 0 aliphatic carbocycles. The lowest BCUT2D eigenvalue weighted by Gasteiger charge is -2.08. The van der Waals surface area contributed by atoms with Crippen molar-refractivity contribution < 1.29 is 28.5 Å². The number of carboxylic acids is 1. The highest BCUT2D eigenvalue weighted by Crippen LogP contribution is 2.18. The standard InChI is InChI=1S/C13H17FO5/c1-17-5-2-6-18-7-8-19-12-4-3-10(13(15)16)9-11(12)14/h3-4,9H,2,5-8H2,1H3,(H,15,16). The Morgan fingerprint density at radius 1 is 1.26 bits per heavy atom. The number of carbonyl (C=O) groups is 1. The van der Waals surface area contributed by atoms with Crippen molar-refractivity contribution in [3.05, 3.63) is 29.6 Å². The highest BCUT2D eigenvalue weighted by molar-refractivity contribution is 5.87. The third-order valence-corrected chi connectivity index (χ3v) is 2.30. The Morgan fingerprint density at radius 2 is 2.05 bits per heavy atom. The molecule has 6 heteroatoms. The molecule has 1 rings (SSSR count). The van der Waals surface area contributed by atoms with E-state index in [1.807, 2.05) is 0 Å². The van der Waals surface area contributed by atoms with Crippen LogP contribution in [0.15, 0.2) is 18.2 Å². The molecule has 0 fully saturated rings. The molecule has 106 valence electrons. The van der Waals surface area contributed by atoms with E-state index in [9.17, 15) is 9.18 Å². The number of rotatable bonds is 9. The Hall–Kier alpha value is -1.66. The second kappa shape index (κ2) is 8.44. The van der Waals surface area contributed by atoms with Crippen molar-refractivity contribution in [2.24, 2.45) is 0 Å². The minimum Gasteiger partial charge on any atom is -0.488 e. The van der Waals surface area contributed by atoms with Crippen LogP contribution in [0.2, 0.25) is 0 Å². The molecule has 0 aliphatic heterocycles. The maximum absolute atomic E-state index is 13.4. The Morgan fingerprint density at radius 3 is 2.68 bits per heavy atom. The number of aromatic carboxylic acids is 1. The summed E-state index contributed by atoms with van der Waals surface area (Å²) in [5.74, 6) is -1.85. The zero-order chi connectivity index (χ0) is 14.1. The molecule has 5 nitrogen and oxygen atoms in total. The summed E-state index contributed by atoms with van der Waals surface area (Å²) in [5, 5.41) is 8.68. The number of hydrogen-bond acceptors (Lipinski definition) is 4. The first-order chi connectivity index (χ1) is 9.15. The molecule has 0 unspecified atom stereocenters. The molecular weight excluding hydrogens is 255 g/mol. The quantitative estimate of drug-likeness (QED) is 0.696. The molecule has 0 atom stereocenters. The van der Waals surface area contributed by atoms with Gasteiger partial charge in [-0.2, -0.15) is 0 Å². The van der Waals surface area contributed by atoms with E-state index in [1.165, 1.54) is 12.1 Å². The van der Waals surface area contributed by atoms with Crippen LogP contribution in [0.4, 0.5) is 4.39 Å². The van der Waals surface area contributed by atoms with Gasteiger partial charge in [-0.25, -0.2) is 9.18 Å². The Kier molecular flexibility index (Phi) is 6.84. The summed E-state index contributed by atoms with van der Waals surface area (Å²) < 4.78 is 28.7. The number of halogens is 1. The molecule has 0 bridgehead atoms. The van der Waals surface area contributed by atoms with Crippen molar-refractivity contribution in [2.45, 2.75) is 6.42 Å². The average Bonchev–Trinajstić information content (AvgIpc) is 2.39. The molecule has 0 amide bonds. The van der Waals surface area contributed by atoms with Crippen LogP contribution in [0.3, 0.4) is 0 Å². The smallest absolute Gasteiger partial charge is 0.335 e. The fourth-order valence-corrected chi connectivity index (χ4v) is 1.37. The van der Waals surface area contributed by atoms with Gasteiger partial charge in [0.25, 0.3) is 0 Å². The average molecular weight is 272 g/mol. The maximum atomic E-state index is 13.4. The summed E-state index contributed by atoms with van der Waals surface area (Å²) in [6, 6.07) is 3.51. The largest absolute Gasteiger partial charge is 0.488 e. The molecule has 19 heavy (non-hydrogen) atoms. The van der Waals surface area contributed by atoms with Crippen molar-refractivity contribution in [1.82, 2.24) is 0 Å². The van der Waals surface area contributed by atoms with E-state index in [1.54, 1.807) is 7.11 Å². The van der Waals surface area contributed by atoms with Crippen molar-refractivity contribution in [1.29, 1.82) is 0 Å². The SMILES string of the molecule is COCCCOCCOc1ccc(C(=O)O)cc1F. The van der Waals surface area contributed by atoms with E-state index in [4.69, 9.17) is 19.3 Å². The number of methoxy groups -OCH3 is 1. The highest BCUT2D eigenvalue weighted by atomic mass is 19.1. The minimum absolute atomic E-state index is 0.0190. The van der Waals surface area contributed by atoms with Gasteiger partial charge in [-0.3, -0.25) is 0 Å². The van der Waals surface area contributed by atoms with Crippen LogP contribution in [0.25, 0.3) is 0 Å². The zero-order valence-corrected chi connectivity index (χ0v) is 10.7. The van der Waals surface area contributed by atoms with Gasteiger partial charge in [0, 0.05) is 20.3 Å². The van der Waals surface area contributed by atoms with E-state index in [0.717, 1.165) is 12.5 Å². The fraction of sp³-hybridized carbons (Fsp3) is 0.462. The van der Waals surface area contributed by atoms with Crippen LogP contribution in [-0.2, 0) is 9.47 Å². The van der Waals surface area contributed by atoms with Gasteiger partial charge >= 0.3 is 5.97 Å². The van der Waals surface area contributed by atoms with Gasteiger partial charge in [-0.15, -0.1) is 0 Å². The first kappa shape index (κ1) is 15.4. The summed E-state index contributed by atoms with van der Waals surface area (Å²) in [7, 11) is 1.62. The second-order valence-corrected chi connectivity index (χ2v) is 3.76. The van der Waals surface area contributed by atoms with Gasteiger partial charge in [0.1, 0.15) is 6.61 Å². The van der Waals surface area contributed by atoms with Gasteiger partial charge in [0.15, 0.2) is 11.6 Å². The molecule has 1 N–H and O–H groups in total. The molecule has 0 spiro atoms. The maximum Gasteiger partial charge on any atom is 0.335 e. The lowest BCUT2D eigenvalue weighted by atomic mass is 10.2. The van der Waals surface area contributed by atoms with Crippen molar-refractivity contribution in [2.75, 3.05) is 33.5 Å². The van der Waals surface area contributed by atoms with E-state index >= 15 is 0 Å². The predicted octanol–water partition coefficient (Wildman–Crippen LogP) is 1.96. The number of hydrogen-bond donors (Lipinski definition) is 1. The zero-order valence-electron chi connectivity index (χ0n) is 10.7. The van der Waals surface area contributed by atoms with Gasteiger partial charge in [-0.1, -0.05) is 0 Å². The summed E-state index contributed by atoms with van der Waals surface area (Å²) in [6.45, 7) is 1.73. The number of carboxylic acid groups (broad SMARTS) is 1. The number of benzene rings is 1. The van der Waals surface area contributed by atoms with Crippen molar-refractivity contribution in [3.8, 4) is 5.75 Å². The molecule has 0 aromatic heterocycles. The highest BCUT2D eigenvalue weighted by Gasteiger charge is 2.08. The summed E-state index contributed by atoms with van der Waals surface area (Å²) in [4.78, 5) is 10.6. The summed E-state index contributed by atoms with van der Waals surface area (Å²) >= 11 is 0. The summed E-state index contributed by atoms with van der Waals surface area (Å²) in [6.07, 6.45) is 0.790. The van der Waals surface area contributed by atoms with Crippen molar-refractivity contribution >= 4 is 5.97 Å². The molecule has 0 saturated heterocycles. The molecule has 0 saturated carbocycles. The molecule has 1 aromatic carbocycles. The van der Waals surface area contributed by atoms with E-state index < -0.39 is 11.8 Å². The van der Waals surface area contributed by atoms with Gasteiger partial charge in [0.2, 0.25) is 0 Å². The third-order valence-electron chi connectivity index (χ3n) is 2.30. The van der Waals surface area contributed by atoms with Gasteiger partial charge in [-0.05, 0) is 24.6 Å². The lowest BCUT2D eigenvalue weighted by Crippen LogP contribution is -2.09. The monoisotopic (exact) mass is 272 g/mol. The van der Waals surface area contributed by atoms with E-state index in [-0.39, 0.29) is 17.9 Å². The van der Waals surface area contributed by atoms with Crippen LogP contribution in [0, 0.1) is 5.82 Å². The van der Waals surface area contributed by atoms with Crippen LogP contribution >= 0.6 is 0 Å². The van der Waals surface area contributed by atoms with Crippen LogP contribution in [0.5, 0.6) is 5.75 Å². The normalized spacial score (nSPS) is 10.4. The molecule has 1 aromatic rings. The molecule has 0 aliphatic rings. The molecule has 0 radical (unpaired) electrons. The van der Waals surface area contributed by atoms with Crippen LogP contribution in [-0.4, -0.2) is 44.6 Å². The van der Waals surface area contributed by atoms with Crippen molar-refractivity contribution in [3.63, 3.8) is 0 Å². The first-order valence-electron chi connectivity index (χ1n) is 5.87. The van der Waals surface area contributed by atoms with Gasteiger partial charge in [0.05, 0.1) is 12.2 Å². The van der Waals surface area contributed by atoms with E-state index in [0.29, 0.717) is 19.8 Å². The summed E-state index contributed by atoms with van der Waals surface area (Å²) in [5.41, 5.74) is -0.110. The lowest BCUT2D eigenvalue weighted by molar-refractivity contribution is 0.0695. The van der Waals surface area contributed by atoms with Crippen LogP contribution in [0.1, 0.15) is 16.8 Å². The Bertz CT molecular complexity index is 408.